The van der Waals surface area contributed by atoms with E-state index in [1.165, 1.54) is 12.5 Å². The number of ether oxygens (including phenoxy) is 1. The van der Waals surface area contributed by atoms with Gasteiger partial charge in [-0.25, -0.2) is 0 Å². The van der Waals surface area contributed by atoms with E-state index in [0.29, 0.717) is 5.75 Å². The normalized spacial score (nSPS) is 11.5. The van der Waals surface area contributed by atoms with Crippen LogP contribution >= 0.6 is 0 Å². The Balaban J connectivity index is 1.72. The predicted octanol–water partition coefficient (Wildman–Crippen LogP) is 4.79. The molecule has 3 aromatic carbocycles. The van der Waals surface area contributed by atoms with Crippen LogP contribution in [0, 0.1) is 0 Å². The van der Waals surface area contributed by atoms with E-state index in [1.54, 1.807) is 24.4 Å². The number of hydrogen-bond donors (Lipinski definition) is 2. The third kappa shape index (κ3) is 2.48. The summed E-state index contributed by atoms with van der Waals surface area (Å²) in [5, 5.41) is 12.0. The van der Waals surface area contributed by atoms with Crippen molar-refractivity contribution in [1.82, 2.24) is 4.98 Å². The highest BCUT2D eigenvalue weighted by Crippen LogP contribution is 2.29. The molecule has 0 bridgehead atoms. The summed E-state index contributed by atoms with van der Waals surface area (Å²) in [5.74, 6) is 0.556. The van der Waals surface area contributed by atoms with Gasteiger partial charge in [-0.2, -0.15) is 0 Å². The number of fused-ring (bicyclic) bond motifs is 3. The van der Waals surface area contributed by atoms with Gasteiger partial charge >= 0.3 is 0 Å². The molecule has 118 valence electrons. The first kappa shape index (κ1) is 14.3. The first-order valence-electron chi connectivity index (χ1n) is 7.66. The number of para-hydroxylation sites is 1. The lowest BCUT2D eigenvalue weighted by molar-refractivity contribution is 0.373. The lowest BCUT2D eigenvalue weighted by Gasteiger charge is -2.03. The average Bonchev–Trinajstić information content (AvgIpc) is 2.99. The van der Waals surface area contributed by atoms with Crippen LogP contribution in [0.3, 0.4) is 0 Å². The molecule has 4 heteroatoms. The van der Waals surface area contributed by atoms with Gasteiger partial charge in [0, 0.05) is 28.0 Å². The lowest BCUT2D eigenvalue weighted by Crippen LogP contribution is -1.86. The van der Waals surface area contributed by atoms with E-state index < -0.39 is 0 Å². The van der Waals surface area contributed by atoms with E-state index in [1.807, 2.05) is 24.3 Å². The highest BCUT2D eigenvalue weighted by molar-refractivity contribution is 6.08. The van der Waals surface area contributed by atoms with E-state index in [2.05, 4.69) is 28.2 Å². The fourth-order valence-corrected chi connectivity index (χ4v) is 2.84. The smallest absolute Gasteiger partial charge is 0.161 e. The number of aromatic amines is 1. The van der Waals surface area contributed by atoms with Crippen molar-refractivity contribution in [2.75, 3.05) is 7.11 Å². The Morgan fingerprint density at radius 1 is 0.958 bits per heavy atom. The maximum Gasteiger partial charge on any atom is 0.161 e. The first-order chi connectivity index (χ1) is 11.7. The number of H-pyrrole nitrogens is 1. The molecule has 4 rings (SSSR count). The third-order valence-corrected chi connectivity index (χ3v) is 4.06. The second-order valence-electron chi connectivity index (χ2n) is 5.59. The van der Waals surface area contributed by atoms with Crippen molar-refractivity contribution >= 4 is 33.7 Å². The average molecular weight is 316 g/mol. The van der Waals surface area contributed by atoms with Gasteiger partial charge in [0.15, 0.2) is 11.5 Å². The number of aliphatic imine (C=N–C) groups is 1. The number of phenolic OH excluding ortho intramolecular Hbond substituents is 1. The summed E-state index contributed by atoms with van der Waals surface area (Å²) >= 11 is 0. The van der Waals surface area contributed by atoms with E-state index in [-0.39, 0.29) is 5.75 Å². The largest absolute Gasteiger partial charge is 0.504 e. The van der Waals surface area contributed by atoms with Crippen LogP contribution in [0.4, 0.5) is 5.69 Å². The number of rotatable bonds is 3. The van der Waals surface area contributed by atoms with Crippen molar-refractivity contribution in [3.63, 3.8) is 0 Å². The number of nitrogens with one attached hydrogen (secondary N) is 1. The Morgan fingerprint density at radius 2 is 1.79 bits per heavy atom. The molecule has 24 heavy (non-hydrogen) atoms. The molecule has 0 fully saturated rings. The summed E-state index contributed by atoms with van der Waals surface area (Å²) in [6.07, 6.45) is 1.76. The quantitative estimate of drug-likeness (QED) is 0.534. The van der Waals surface area contributed by atoms with Gasteiger partial charge in [0.25, 0.3) is 0 Å². The molecule has 0 saturated heterocycles. The van der Waals surface area contributed by atoms with Gasteiger partial charge in [-0.1, -0.05) is 18.2 Å². The topological polar surface area (TPSA) is 57.6 Å². The van der Waals surface area contributed by atoms with Crippen molar-refractivity contribution in [2.45, 2.75) is 0 Å². The van der Waals surface area contributed by atoms with E-state index >= 15 is 0 Å². The number of benzene rings is 3. The van der Waals surface area contributed by atoms with Crippen molar-refractivity contribution < 1.29 is 9.84 Å². The Morgan fingerprint density at radius 3 is 2.67 bits per heavy atom. The van der Waals surface area contributed by atoms with Crippen molar-refractivity contribution in [1.29, 1.82) is 0 Å². The van der Waals surface area contributed by atoms with Gasteiger partial charge in [0.1, 0.15) is 0 Å². The van der Waals surface area contributed by atoms with Gasteiger partial charge in [0.2, 0.25) is 0 Å². The molecule has 4 aromatic rings. The molecular formula is C20H16N2O2. The fourth-order valence-electron chi connectivity index (χ4n) is 2.84. The number of hydrogen-bond acceptors (Lipinski definition) is 3. The minimum atomic E-state index is 0.120. The monoisotopic (exact) mass is 316 g/mol. The molecule has 0 aliphatic carbocycles. The van der Waals surface area contributed by atoms with Crippen LogP contribution in [0.25, 0.3) is 21.8 Å². The van der Waals surface area contributed by atoms with E-state index in [9.17, 15) is 5.11 Å². The van der Waals surface area contributed by atoms with Gasteiger partial charge < -0.3 is 14.8 Å². The summed E-state index contributed by atoms with van der Waals surface area (Å²) in [6.45, 7) is 0. The van der Waals surface area contributed by atoms with E-state index in [4.69, 9.17) is 4.74 Å². The minimum absolute atomic E-state index is 0.120. The van der Waals surface area contributed by atoms with Crippen LogP contribution in [-0.2, 0) is 0 Å². The minimum Gasteiger partial charge on any atom is -0.504 e. The molecule has 0 aliphatic rings. The molecule has 2 N–H and O–H groups in total. The molecule has 0 amide bonds. The third-order valence-electron chi connectivity index (χ3n) is 4.06. The Bertz CT molecular complexity index is 1060. The zero-order valence-electron chi connectivity index (χ0n) is 13.2. The summed E-state index contributed by atoms with van der Waals surface area (Å²) in [4.78, 5) is 7.95. The molecule has 1 aromatic heterocycles. The SMILES string of the molecule is COc1cc(C=Nc2ccc3[nH]c4ccccc4c3c2)ccc1O. The number of aromatic nitrogens is 1. The van der Waals surface area contributed by atoms with Crippen LogP contribution in [0.1, 0.15) is 5.56 Å². The fraction of sp³-hybridized carbons (Fsp3) is 0.0500. The summed E-state index contributed by atoms with van der Waals surface area (Å²) < 4.78 is 5.12. The van der Waals surface area contributed by atoms with Crippen molar-refractivity contribution in [2.24, 2.45) is 4.99 Å². The Hall–Kier alpha value is -3.27. The molecule has 1 heterocycles. The highest BCUT2D eigenvalue weighted by Gasteiger charge is 2.04. The van der Waals surface area contributed by atoms with Gasteiger partial charge in [-0.15, -0.1) is 0 Å². The Kier molecular flexibility index (Phi) is 3.43. The van der Waals surface area contributed by atoms with Crippen LogP contribution < -0.4 is 4.74 Å². The molecule has 4 nitrogen and oxygen atoms in total. The molecular weight excluding hydrogens is 300 g/mol. The molecule has 0 unspecified atom stereocenters. The molecule has 0 saturated carbocycles. The second-order valence-corrected chi connectivity index (χ2v) is 5.59. The van der Waals surface area contributed by atoms with Crippen molar-refractivity contribution in [3.8, 4) is 11.5 Å². The zero-order valence-corrected chi connectivity index (χ0v) is 13.2. The number of aromatic hydroxyl groups is 1. The molecule has 0 radical (unpaired) electrons. The van der Waals surface area contributed by atoms with Gasteiger partial charge in [0.05, 0.1) is 12.8 Å². The lowest BCUT2D eigenvalue weighted by atomic mass is 10.1. The standard InChI is InChI=1S/C20H16N2O2/c1-24-20-10-13(6-9-19(20)23)12-21-14-7-8-18-16(11-14)15-4-2-3-5-17(15)22-18/h2-12,22-23H,1H3. The highest BCUT2D eigenvalue weighted by atomic mass is 16.5. The number of methoxy groups -OCH3 is 1. The molecule has 0 aliphatic heterocycles. The second kappa shape index (κ2) is 5.74. The van der Waals surface area contributed by atoms with Crippen molar-refractivity contribution in [3.05, 3.63) is 66.2 Å². The summed E-state index contributed by atoms with van der Waals surface area (Å²) in [6, 6.07) is 19.5. The summed E-state index contributed by atoms with van der Waals surface area (Å²) in [7, 11) is 1.53. The summed E-state index contributed by atoms with van der Waals surface area (Å²) in [5.41, 5.74) is 3.96. The van der Waals surface area contributed by atoms with Crippen LogP contribution in [-0.4, -0.2) is 23.4 Å². The van der Waals surface area contributed by atoms with Crippen LogP contribution in [0.2, 0.25) is 0 Å². The maximum atomic E-state index is 9.64. The molecule has 0 spiro atoms. The zero-order chi connectivity index (χ0) is 16.5. The molecule has 0 atom stereocenters. The predicted molar refractivity (Wildman–Crippen MR) is 97.7 cm³/mol. The van der Waals surface area contributed by atoms with Gasteiger partial charge in [-0.05, 0) is 48.0 Å². The van der Waals surface area contributed by atoms with Crippen LogP contribution in [0.5, 0.6) is 11.5 Å². The Labute approximate surface area is 139 Å². The van der Waals surface area contributed by atoms with E-state index in [0.717, 1.165) is 27.7 Å². The number of nitrogens with zero attached hydrogens (tertiary/aromatic N) is 1. The van der Waals surface area contributed by atoms with Gasteiger partial charge in [-0.3, -0.25) is 4.99 Å². The van der Waals surface area contributed by atoms with Crippen LogP contribution in [0.15, 0.2) is 65.7 Å². The maximum absolute atomic E-state index is 9.64. The first-order valence-corrected chi connectivity index (χ1v) is 7.66. The number of phenols is 1.